The first kappa shape index (κ1) is 14.6. The molecule has 0 aliphatic carbocycles. The normalized spacial score (nSPS) is 10.2. The highest BCUT2D eigenvalue weighted by molar-refractivity contribution is 6.35. The average molecular weight is 317 g/mol. The van der Waals surface area contributed by atoms with Crippen molar-refractivity contribution < 1.29 is 13.6 Å². The van der Waals surface area contributed by atoms with Gasteiger partial charge in [0.05, 0.1) is 16.3 Å². The highest BCUT2D eigenvalue weighted by atomic mass is 35.5. The van der Waals surface area contributed by atoms with Gasteiger partial charge in [-0.05, 0) is 30.3 Å². The molecule has 104 valence electrons. The highest BCUT2D eigenvalue weighted by Crippen LogP contribution is 2.24. The molecule has 1 amide bonds. The van der Waals surface area contributed by atoms with Crippen LogP contribution in [0.15, 0.2) is 36.4 Å². The number of carbonyl (C=O) groups is 1. The van der Waals surface area contributed by atoms with E-state index in [0.29, 0.717) is 21.8 Å². The summed E-state index contributed by atoms with van der Waals surface area (Å²) in [5.41, 5.74) is 4.83. The summed E-state index contributed by atoms with van der Waals surface area (Å²) in [5.74, 6) is -2.48. The number of nitrogens with one attached hydrogen (secondary N) is 2. The minimum Gasteiger partial charge on any atom is -0.297 e. The molecule has 2 aromatic rings. The van der Waals surface area contributed by atoms with Crippen LogP contribution in [0.5, 0.6) is 0 Å². The maximum atomic E-state index is 13.4. The maximum absolute atomic E-state index is 13.4. The third-order valence-electron chi connectivity index (χ3n) is 2.41. The first-order valence-electron chi connectivity index (χ1n) is 5.44. The highest BCUT2D eigenvalue weighted by Gasteiger charge is 2.12. The number of hydrogen-bond acceptors (Lipinski definition) is 2. The molecule has 0 saturated carbocycles. The van der Waals surface area contributed by atoms with E-state index in [-0.39, 0.29) is 5.56 Å². The van der Waals surface area contributed by atoms with Crippen molar-refractivity contribution in [2.45, 2.75) is 0 Å². The number of halogens is 4. The third-order valence-corrected chi connectivity index (χ3v) is 2.98. The minimum absolute atomic E-state index is 0.294. The van der Waals surface area contributed by atoms with E-state index in [9.17, 15) is 13.6 Å². The second-order valence-corrected chi connectivity index (χ2v) is 4.67. The van der Waals surface area contributed by atoms with Crippen LogP contribution in [0.2, 0.25) is 10.0 Å². The Morgan fingerprint density at radius 1 is 1.05 bits per heavy atom. The smallest absolute Gasteiger partial charge is 0.272 e. The molecule has 3 nitrogen and oxygen atoms in total. The van der Waals surface area contributed by atoms with Crippen LogP contribution in [-0.4, -0.2) is 5.91 Å². The van der Waals surface area contributed by atoms with Gasteiger partial charge in [-0.1, -0.05) is 23.2 Å². The molecule has 0 fully saturated rings. The first-order valence-corrected chi connectivity index (χ1v) is 6.19. The fourth-order valence-electron chi connectivity index (χ4n) is 1.46. The lowest BCUT2D eigenvalue weighted by Crippen LogP contribution is -2.30. The summed E-state index contributed by atoms with van der Waals surface area (Å²) in [7, 11) is 0. The van der Waals surface area contributed by atoms with Crippen LogP contribution in [0.25, 0.3) is 0 Å². The lowest BCUT2D eigenvalue weighted by atomic mass is 10.2. The third kappa shape index (κ3) is 3.37. The second-order valence-electron chi connectivity index (χ2n) is 3.83. The molecule has 0 atom stereocenters. The van der Waals surface area contributed by atoms with Crippen LogP contribution < -0.4 is 10.9 Å². The topological polar surface area (TPSA) is 41.1 Å². The van der Waals surface area contributed by atoms with Gasteiger partial charge < -0.3 is 0 Å². The Morgan fingerprint density at radius 3 is 2.50 bits per heavy atom. The van der Waals surface area contributed by atoms with Crippen molar-refractivity contribution in [2.24, 2.45) is 0 Å². The summed E-state index contributed by atoms with van der Waals surface area (Å²) in [5, 5.41) is 0.744. The Bertz CT molecular complexity index is 665. The number of benzene rings is 2. The summed E-state index contributed by atoms with van der Waals surface area (Å²) >= 11 is 11.7. The van der Waals surface area contributed by atoms with E-state index in [0.717, 1.165) is 12.1 Å². The van der Waals surface area contributed by atoms with E-state index in [1.54, 1.807) is 6.07 Å². The van der Waals surface area contributed by atoms with Crippen LogP contribution in [-0.2, 0) is 0 Å². The van der Waals surface area contributed by atoms with Crippen molar-refractivity contribution in [3.63, 3.8) is 0 Å². The van der Waals surface area contributed by atoms with Crippen molar-refractivity contribution in [1.29, 1.82) is 0 Å². The van der Waals surface area contributed by atoms with Gasteiger partial charge in [0.1, 0.15) is 11.6 Å². The van der Waals surface area contributed by atoms with Crippen molar-refractivity contribution in [2.75, 3.05) is 5.43 Å². The molecular formula is C13H8Cl2F2N2O. The Kier molecular flexibility index (Phi) is 4.42. The zero-order valence-electron chi connectivity index (χ0n) is 9.88. The van der Waals surface area contributed by atoms with Crippen molar-refractivity contribution in [3.8, 4) is 0 Å². The second kappa shape index (κ2) is 6.07. The molecule has 20 heavy (non-hydrogen) atoms. The van der Waals surface area contributed by atoms with E-state index >= 15 is 0 Å². The van der Waals surface area contributed by atoms with Crippen LogP contribution >= 0.6 is 23.2 Å². The van der Waals surface area contributed by atoms with Crippen molar-refractivity contribution in [1.82, 2.24) is 5.43 Å². The van der Waals surface area contributed by atoms with E-state index in [1.165, 1.54) is 12.1 Å². The Labute approximate surface area is 123 Å². The minimum atomic E-state index is -0.957. The molecule has 7 heteroatoms. The number of rotatable bonds is 3. The molecule has 0 bridgehead atoms. The molecule has 2 aromatic carbocycles. The monoisotopic (exact) mass is 316 g/mol. The standard InChI is InChI=1S/C13H8Cl2F2N2O/c14-7-1-4-10(15)12(5-7)18-19-13(20)9-3-2-8(16)6-11(9)17/h1-6,18H,(H,19,20). The van der Waals surface area contributed by atoms with Crippen LogP contribution in [0.4, 0.5) is 14.5 Å². The van der Waals surface area contributed by atoms with Crippen LogP contribution in [0.1, 0.15) is 10.4 Å². The molecule has 0 radical (unpaired) electrons. The van der Waals surface area contributed by atoms with Crippen molar-refractivity contribution in [3.05, 3.63) is 63.6 Å². The predicted molar refractivity (Wildman–Crippen MR) is 73.9 cm³/mol. The molecule has 0 heterocycles. The predicted octanol–water partition coefficient (Wildman–Crippen LogP) is 4.03. The van der Waals surface area contributed by atoms with E-state index in [4.69, 9.17) is 23.2 Å². The van der Waals surface area contributed by atoms with Gasteiger partial charge >= 0.3 is 0 Å². The number of hydrogen-bond donors (Lipinski definition) is 2. The average Bonchev–Trinajstić information content (AvgIpc) is 2.39. The van der Waals surface area contributed by atoms with Gasteiger partial charge in [0.25, 0.3) is 5.91 Å². The maximum Gasteiger partial charge on any atom is 0.272 e. The van der Waals surface area contributed by atoms with Gasteiger partial charge in [-0.3, -0.25) is 15.6 Å². The number of anilines is 1. The van der Waals surface area contributed by atoms with Gasteiger partial charge in [-0.25, -0.2) is 8.78 Å². The first-order chi connectivity index (χ1) is 9.47. The van der Waals surface area contributed by atoms with Crippen molar-refractivity contribution >= 4 is 34.8 Å². The molecule has 2 N–H and O–H groups in total. The molecule has 0 saturated heterocycles. The van der Waals surface area contributed by atoms with E-state index in [1.807, 2.05) is 0 Å². The summed E-state index contributed by atoms with van der Waals surface area (Å²) < 4.78 is 26.1. The summed E-state index contributed by atoms with van der Waals surface area (Å²) in [6.07, 6.45) is 0. The zero-order valence-corrected chi connectivity index (χ0v) is 11.4. The summed E-state index contributed by atoms with van der Waals surface area (Å²) in [6.45, 7) is 0. The van der Waals surface area contributed by atoms with Crippen LogP contribution in [0.3, 0.4) is 0 Å². The molecule has 0 aromatic heterocycles. The molecule has 2 rings (SSSR count). The molecule has 0 spiro atoms. The lowest BCUT2D eigenvalue weighted by molar-refractivity contribution is 0.0958. The Morgan fingerprint density at radius 2 is 1.80 bits per heavy atom. The van der Waals surface area contributed by atoms with Gasteiger partial charge in [0, 0.05) is 11.1 Å². The Hall–Kier alpha value is -1.85. The SMILES string of the molecule is O=C(NNc1cc(Cl)ccc1Cl)c1ccc(F)cc1F. The van der Waals surface area contributed by atoms with Gasteiger partial charge in [-0.2, -0.15) is 0 Å². The van der Waals surface area contributed by atoms with Gasteiger partial charge in [0.2, 0.25) is 0 Å². The number of hydrazine groups is 1. The van der Waals surface area contributed by atoms with Crippen LogP contribution in [0, 0.1) is 11.6 Å². The molecule has 0 unspecified atom stereocenters. The van der Waals surface area contributed by atoms with Gasteiger partial charge in [0.15, 0.2) is 0 Å². The largest absolute Gasteiger partial charge is 0.297 e. The zero-order chi connectivity index (χ0) is 14.7. The number of carbonyl (C=O) groups excluding carboxylic acids is 1. The lowest BCUT2D eigenvalue weighted by Gasteiger charge is -2.10. The van der Waals surface area contributed by atoms with Gasteiger partial charge in [-0.15, -0.1) is 0 Å². The fraction of sp³-hybridized carbons (Fsp3) is 0. The quantitative estimate of drug-likeness (QED) is 0.839. The molecule has 0 aliphatic heterocycles. The molecular weight excluding hydrogens is 309 g/mol. The van der Waals surface area contributed by atoms with E-state index in [2.05, 4.69) is 10.9 Å². The summed E-state index contributed by atoms with van der Waals surface area (Å²) in [6, 6.07) is 7.27. The number of amides is 1. The van der Waals surface area contributed by atoms with E-state index < -0.39 is 17.5 Å². The summed E-state index contributed by atoms with van der Waals surface area (Å²) in [4.78, 5) is 11.7. The Balaban J connectivity index is 2.10. The molecule has 0 aliphatic rings. The fourth-order valence-corrected chi connectivity index (χ4v) is 1.80.